The van der Waals surface area contributed by atoms with Crippen LogP contribution in [0.25, 0.3) is 10.4 Å². The maximum Gasteiger partial charge on any atom is 0.335 e. The van der Waals surface area contributed by atoms with E-state index in [0.717, 1.165) is 27.9 Å². The molecule has 4 N–H and O–H groups in total. The van der Waals surface area contributed by atoms with E-state index in [0.29, 0.717) is 63.0 Å². The standard InChI is InChI=1S/C17H16N4O.2C11H10O.C7H7N3.C7H6O2.C3H5N/c22-17(15-9-5-2-6-10-15)18-11-16-13-21(20-19-16)12-14-7-3-1-4-8-14;2*1-2-3-9-11(12)10-7-5-4-6-8-10;8-10-9-6-7-4-2-1-3-5-7;8-7(9)6-4-2-1-3-5-6;1-2-3-4/h1-10,13H,11-12H2,(H,18,22);2*1,4-8H,3,9H2;1-5H,6H2;1-5H,(H,8,9);1H,3-4H2. The fraction of sp³-hybridized carbons (Fsp3) is 0.143. The number of carbonyl (C=O) groups is 4. The first-order valence-corrected chi connectivity index (χ1v) is 21.4. The highest BCUT2D eigenvalue weighted by atomic mass is 16.4. The molecule has 13 nitrogen and oxygen atoms in total. The van der Waals surface area contributed by atoms with Crippen molar-refractivity contribution in [3.63, 3.8) is 0 Å². The zero-order valence-corrected chi connectivity index (χ0v) is 38.1. The smallest absolute Gasteiger partial charge is 0.335 e. The highest BCUT2D eigenvalue weighted by Crippen LogP contribution is 2.06. The Labute approximate surface area is 404 Å². The number of terminal acetylenes is 3. The number of nitrogens with one attached hydrogen (secondary N) is 1. The number of rotatable bonds is 14. The molecular formula is C56H54N8O5. The molecule has 1 heterocycles. The lowest BCUT2D eigenvalue weighted by molar-refractivity contribution is 0.0696. The molecule has 0 bridgehead atoms. The van der Waals surface area contributed by atoms with Gasteiger partial charge < -0.3 is 16.2 Å². The molecule has 7 rings (SSSR count). The van der Waals surface area contributed by atoms with E-state index >= 15 is 0 Å². The Morgan fingerprint density at radius 1 is 0.609 bits per heavy atom. The summed E-state index contributed by atoms with van der Waals surface area (Å²) >= 11 is 0. The zero-order chi connectivity index (χ0) is 50.2. The summed E-state index contributed by atoms with van der Waals surface area (Å²) < 4.78 is 1.76. The number of nitrogens with zero attached hydrogens (tertiary/aromatic N) is 6. The number of nitrogens with two attached hydrogens (primary N) is 1. The Hall–Kier alpha value is -9.31. The maximum absolute atomic E-state index is 11.9. The molecule has 6 aromatic carbocycles. The van der Waals surface area contributed by atoms with Gasteiger partial charge in [-0.15, -0.1) is 36.2 Å². The molecule has 0 atom stereocenters. The first kappa shape index (κ1) is 55.8. The number of hydrogen-bond donors (Lipinski definition) is 3. The van der Waals surface area contributed by atoms with Crippen LogP contribution >= 0.6 is 0 Å². The Bertz CT molecular complexity index is 2640. The molecule has 0 aliphatic carbocycles. The van der Waals surface area contributed by atoms with Crippen molar-refractivity contribution in [1.82, 2.24) is 20.3 Å². The predicted molar refractivity (Wildman–Crippen MR) is 271 cm³/mol. The molecule has 0 radical (unpaired) electrons. The quantitative estimate of drug-likeness (QED) is 0.0314. The lowest BCUT2D eigenvalue weighted by Crippen LogP contribution is -2.22. The van der Waals surface area contributed by atoms with E-state index in [-0.39, 0.29) is 17.5 Å². The number of Topliss-reactive ketones (excluding diaryl/α,β-unsaturated/α-hetero) is 2. The van der Waals surface area contributed by atoms with Gasteiger partial charge in [-0.25, -0.2) is 9.48 Å². The van der Waals surface area contributed by atoms with Gasteiger partial charge in [-0.1, -0.05) is 174 Å². The summed E-state index contributed by atoms with van der Waals surface area (Å²) in [4.78, 5) is 47.4. The van der Waals surface area contributed by atoms with Gasteiger partial charge in [0.15, 0.2) is 11.6 Å². The minimum atomic E-state index is -0.879. The van der Waals surface area contributed by atoms with Crippen LogP contribution in [0.1, 0.15) is 83.9 Å². The van der Waals surface area contributed by atoms with Gasteiger partial charge in [0.25, 0.3) is 5.91 Å². The number of benzene rings is 6. The summed E-state index contributed by atoms with van der Waals surface area (Å²) in [5, 5.41) is 22.8. The summed E-state index contributed by atoms with van der Waals surface area (Å²) in [6.07, 6.45) is 18.5. The molecule has 0 aliphatic rings. The Kier molecular flexibility index (Phi) is 29.1. The van der Waals surface area contributed by atoms with E-state index in [9.17, 15) is 19.2 Å². The number of aromatic carboxylic acids is 1. The van der Waals surface area contributed by atoms with Crippen LogP contribution in [0.2, 0.25) is 0 Å². The summed E-state index contributed by atoms with van der Waals surface area (Å²) in [6.45, 7) is 1.82. The van der Waals surface area contributed by atoms with Gasteiger partial charge >= 0.3 is 5.97 Å². The number of azide groups is 1. The van der Waals surface area contributed by atoms with E-state index in [2.05, 4.69) is 49.8 Å². The van der Waals surface area contributed by atoms with Crippen molar-refractivity contribution in [3.8, 4) is 37.0 Å². The van der Waals surface area contributed by atoms with Gasteiger partial charge in [-0.3, -0.25) is 14.4 Å². The SMILES string of the molecule is C#CCCC(=O)c1ccccc1.C#CCCC(=O)c1ccccc1.C#CCN.O=C(NCc1cn(Cc2ccccc2)nn1)c1ccccc1.O=C(O)c1ccccc1.[N-]=[N+]=NCc1ccccc1. The summed E-state index contributed by atoms with van der Waals surface area (Å²) in [6, 6.07) is 55.5. The highest BCUT2D eigenvalue weighted by Gasteiger charge is 2.07. The van der Waals surface area contributed by atoms with Crippen molar-refractivity contribution in [2.45, 2.75) is 45.3 Å². The summed E-state index contributed by atoms with van der Waals surface area (Å²) in [5.41, 5.74) is 18.2. The van der Waals surface area contributed by atoms with Crippen LogP contribution in [-0.2, 0) is 19.6 Å². The third-order valence-electron chi connectivity index (χ3n) is 8.72. The third-order valence-corrected chi connectivity index (χ3v) is 8.72. The first-order chi connectivity index (χ1) is 33.6. The molecule has 1 amide bonds. The number of hydrogen-bond acceptors (Lipinski definition) is 8. The molecule has 0 saturated carbocycles. The molecule has 0 aliphatic heterocycles. The summed E-state index contributed by atoms with van der Waals surface area (Å²) in [7, 11) is 0. The molecule has 7 aromatic rings. The zero-order valence-electron chi connectivity index (χ0n) is 38.1. The van der Waals surface area contributed by atoms with Gasteiger partial charge in [0, 0.05) is 47.3 Å². The topological polar surface area (TPSA) is 206 Å². The van der Waals surface area contributed by atoms with Crippen LogP contribution in [0.5, 0.6) is 0 Å². The van der Waals surface area contributed by atoms with Crippen molar-refractivity contribution in [2.24, 2.45) is 10.8 Å². The highest BCUT2D eigenvalue weighted by molar-refractivity contribution is 5.96. The fourth-order valence-corrected chi connectivity index (χ4v) is 5.32. The number of carboxylic acid groups (broad SMARTS) is 1. The minimum absolute atomic E-state index is 0.113. The van der Waals surface area contributed by atoms with E-state index in [1.54, 1.807) is 71.4 Å². The first-order valence-electron chi connectivity index (χ1n) is 21.4. The van der Waals surface area contributed by atoms with Crippen LogP contribution in [0.4, 0.5) is 0 Å². The molecular weight excluding hydrogens is 865 g/mol. The van der Waals surface area contributed by atoms with Gasteiger partial charge in [0.05, 0.1) is 37.9 Å². The van der Waals surface area contributed by atoms with E-state index < -0.39 is 5.97 Å². The van der Waals surface area contributed by atoms with Crippen molar-refractivity contribution in [3.05, 3.63) is 238 Å². The van der Waals surface area contributed by atoms with Gasteiger partial charge in [0.2, 0.25) is 0 Å². The lowest BCUT2D eigenvalue weighted by atomic mass is 10.1. The normalized spacial score (nSPS) is 9.07. The van der Waals surface area contributed by atoms with Crippen molar-refractivity contribution < 1.29 is 24.3 Å². The molecule has 13 heteroatoms. The number of amides is 1. The monoisotopic (exact) mass is 918 g/mol. The Balaban J connectivity index is 0.000000303. The van der Waals surface area contributed by atoms with E-state index in [4.69, 9.17) is 29.2 Å². The number of carbonyl (C=O) groups excluding carboxylic acids is 3. The van der Waals surface area contributed by atoms with Crippen LogP contribution in [-0.4, -0.2) is 50.1 Å². The van der Waals surface area contributed by atoms with Gasteiger partial charge in [0.1, 0.15) is 5.69 Å². The van der Waals surface area contributed by atoms with Crippen LogP contribution in [0.15, 0.2) is 193 Å². The fourth-order valence-electron chi connectivity index (χ4n) is 5.32. The number of aromatic nitrogens is 3. The van der Waals surface area contributed by atoms with E-state index in [1.807, 2.05) is 121 Å². The van der Waals surface area contributed by atoms with Crippen molar-refractivity contribution >= 4 is 23.4 Å². The predicted octanol–water partition coefficient (Wildman–Crippen LogP) is 10.3. The van der Waals surface area contributed by atoms with Crippen LogP contribution in [0.3, 0.4) is 0 Å². The second-order valence-electron chi connectivity index (χ2n) is 13.9. The molecule has 69 heavy (non-hydrogen) atoms. The second kappa shape index (κ2) is 36.0. The lowest BCUT2D eigenvalue weighted by Gasteiger charge is -2.02. The van der Waals surface area contributed by atoms with Crippen molar-refractivity contribution in [1.29, 1.82) is 0 Å². The molecule has 1 aromatic heterocycles. The number of carboxylic acids is 1. The van der Waals surface area contributed by atoms with Crippen LogP contribution < -0.4 is 11.1 Å². The largest absolute Gasteiger partial charge is 0.478 e. The minimum Gasteiger partial charge on any atom is -0.478 e. The average Bonchev–Trinajstić information content (AvgIpc) is 3.87. The van der Waals surface area contributed by atoms with Crippen LogP contribution in [0, 0.1) is 37.0 Å². The Morgan fingerprint density at radius 3 is 1.38 bits per heavy atom. The maximum atomic E-state index is 11.9. The third kappa shape index (κ3) is 25.7. The van der Waals surface area contributed by atoms with E-state index in [1.165, 1.54) is 0 Å². The molecule has 0 spiro atoms. The Morgan fingerprint density at radius 2 is 1.00 bits per heavy atom. The van der Waals surface area contributed by atoms with Gasteiger partial charge in [-0.2, -0.15) is 0 Å². The average molecular weight is 919 g/mol. The second-order valence-corrected chi connectivity index (χ2v) is 13.9. The molecule has 0 saturated heterocycles. The molecule has 0 fully saturated rings. The molecule has 348 valence electrons. The summed E-state index contributed by atoms with van der Waals surface area (Å²) in [5.74, 6) is 6.35. The molecule has 0 unspecified atom stereocenters. The van der Waals surface area contributed by atoms with Crippen molar-refractivity contribution in [2.75, 3.05) is 6.54 Å². The number of ketones is 2. The van der Waals surface area contributed by atoms with Gasteiger partial charge in [-0.05, 0) is 40.9 Å².